The van der Waals surface area contributed by atoms with Crippen molar-refractivity contribution in [1.29, 1.82) is 0 Å². The number of ether oxygens (including phenoxy) is 2. The van der Waals surface area contributed by atoms with Crippen molar-refractivity contribution >= 4 is 73.7 Å². The van der Waals surface area contributed by atoms with Crippen molar-refractivity contribution in [2.75, 3.05) is 25.3 Å². The molecule has 0 amide bonds. The monoisotopic (exact) mass is 758 g/mol. The highest BCUT2D eigenvalue weighted by Crippen LogP contribution is 2.33. The van der Waals surface area contributed by atoms with Gasteiger partial charge in [-0.15, -0.1) is 0 Å². The molecule has 0 radical (unpaired) electrons. The van der Waals surface area contributed by atoms with Crippen molar-refractivity contribution in [3.8, 4) is 34.0 Å². The molecule has 53 heavy (non-hydrogen) atoms. The lowest BCUT2D eigenvalue weighted by Crippen LogP contribution is -1.95. The topological polar surface area (TPSA) is 108 Å². The Labute approximate surface area is 322 Å². The predicted molar refractivity (Wildman–Crippen MR) is 219 cm³/mol. The van der Waals surface area contributed by atoms with Crippen molar-refractivity contribution in [2.24, 2.45) is 0 Å². The van der Waals surface area contributed by atoms with E-state index in [1.165, 1.54) is 0 Å². The fourth-order valence-corrected chi connectivity index (χ4v) is 6.12. The predicted octanol–water partition coefficient (Wildman–Crippen LogP) is 11.6. The molecule has 0 aliphatic rings. The lowest BCUT2D eigenvalue weighted by molar-refractivity contribution is 0.415. The largest absolute Gasteiger partial charge is 0.495 e. The molecule has 0 saturated carbocycles. The number of methoxy groups -OCH3 is 2. The Bertz CT molecular complexity index is 2470. The second-order valence-corrected chi connectivity index (χ2v) is 12.6. The lowest BCUT2D eigenvalue weighted by atomic mass is 10.1. The molecule has 8 nitrogen and oxygen atoms in total. The summed E-state index contributed by atoms with van der Waals surface area (Å²) in [6.07, 6.45) is 7.03. The SMILES string of the molecule is COc1ccc(N)cc1Cl.COc1ccc(Nc2cc(-c3ccncc3)nc3ccccc23)cc1Cl.Clc1cc(-c2ccncc2)nc2ccccc12. The number of benzene rings is 4. The van der Waals surface area contributed by atoms with E-state index in [-0.39, 0.29) is 0 Å². The number of pyridine rings is 4. The van der Waals surface area contributed by atoms with Gasteiger partial charge in [0.1, 0.15) is 11.5 Å². The number of fused-ring (bicyclic) bond motifs is 2. The maximum atomic E-state index is 6.26. The highest BCUT2D eigenvalue weighted by atomic mass is 35.5. The number of nitrogens with two attached hydrogens (primary N) is 1. The van der Waals surface area contributed by atoms with Crippen LogP contribution in [-0.2, 0) is 0 Å². The number of nitrogens with one attached hydrogen (secondary N) is 1. The second kappa shape index (κ2) is 17.5. The molecule has 4 aromatic heterocycles. The Morgan fingerprint density at radius 1 is 0.528 bits per heavy atom. The molecular formula is C42H33Cl3N6O2. The number of para-hydroxylation sites is 2. The van der Waals surface area contributed by atoms with Crippen LogP contribution in [0, 0.1) is 0 Å². The van der Waals surface area contributed by atoms with Crippen LogP contribution in [0.3, 0.4) is 0 Å². The van der Waals surface area contributed by atoms with Gasteiger partial charge in [0.15, 0.2) is 0 Å². The molecule has 0 atom stereocenters. The highest BCUT2D eigenvalue weighted by molar-refractivity contribution is 6.35. The second-order valence-electron chi connectivity index (χ2n) is 11.4. The van der Waals surface area contributed by atoms with Crippen LogP contribution < -0.4 is 20.5 Å². The minimum atomic E-state index is 0.544. The fraction of sp³-hybridized carbons (Fsp3) is 0.0476. The lowest BCUT2D eigenvalue weighted by Gasteiger charge is -2.13. The number of rotatable bonds is 6. The van der Waals surface area contributed by atoms with Gasteiger partial charge in [-0.3, -0.25) is 9.97 Å². The fourth-order valence-electron chi connectivity index (χ4n) is 5.34. The van der Waals surface area contributed by atoms with Crippen LogP contribution in [0.5, 0.6) is 11.5 Å². The first-order chi connectivity index (χ1) is 25.8. The van der Waals surface area contributed by atoms with E-state index in [4.69, 9.17) is 55.0 Å². The van der Waals surface area contributed by atoms with Gasteiger partial charge in [-0.05, 0) is 84.9 Å². The molecule has 0 spiro atoms. The summed E-state index contributed by atoms with van der Waals surface area (Å²) in [6.45, 7) is 0. The molecular weight excluding hydrogens is 727 g/mol. The number of nitrogens with zero attached hydrogens (tertiary/aromatic N) is 4. The van der Waals surface area contributed by atoms with Crippen molar-refractivity contribution in [3.05, 3.63) is 161 Å². The maximum absolute atomic E-state index is 6.26. The van der Waals surface area contributed by atoms with E-state index in [0.717, 1.165) is 60.7 Å². The summed E-state index contributed by atoms with van der Waals surface area (Å²) in [7, 11) is 3.17. The van der Waals surface area contributed by atoms with Crippen molar-refractivity contribution < 1.29 is 9.47 Å². The Balaban J connectivity index is 0.000000152. The Kier molecular flexibility index (Phi) is 12.2. The van der Waals surface area contributed by atoms with Crippen LogP contribution in [0.25, 0.3) is 44.3 Å². The quantitative estimate of drug-likeness (QED) is 0.161. The van der Waals surface area contributed by atoms with Gasteiger partial charge in [0.05, 0.1) is 57.4 Å². The van der Waals surface area contributed by atoms with E-state index >= 15 is 0 Å². The summed E-state index contributed by atoms with van der Waals surface area (Å²) in [5.41, 5.74) is 13.6. The number of nitrogen functional groups attached to an aromatic ring is 1. The minimum Gasteiger partial charge on any atom is -0.495 e. The van der Waals surface area contributed by atoms with Gasteiger partial charge in [0, 0.05) is 58.1 Å². The van der Waals surface area contributed by atoms with Crippen LogP contribution in [-0.4, -0.2) is 34.2 Å². The molecule has 3 N–H and O–H groups in total. The molecule has 0 aliphatic carbocycles. The zero-order chi connectivity index (χ0) is 37.2. The van der Waals surface area contributed by atoms with Crippen molar-refractivity contribution in [3.63, 3.8) is 0 Å². The molecule has 0 saturated heterocycles. The van der Waals surface area contributed by atoms with E-state index in [1.54, 1.807) is 57.2 Å². The van der Waals surface area contributed by atoms with Gasteiger partial charge in [-0.25, -0.2) is 9.97 Å². The first kappa shape index (κ1) is 36.8. The molecule has 0 aliphatic heterocycles. The standard InChI is InChI=1S/C21H16ClN3O.C14H9ClN2.C7H8ClNO/c1-26-21-7-6-15(12-17(21)22)24-20-13-19(14-8-10-23-11-9-14)25-18-5-3-2-4-16(18)20;15-12-9-14(10-5-7-16-8-6-10)17-13-4-2-1-3-11(12)13;1-10-7-3-2-5(9)4-6(7)8/h2-13H,1H3,(H,24,25);1-9H;2-4H,9H2,1H3. The number of aromatic nitrogens is 4. The first-order valence-corrected chi connectivity index (χ1v) is 17.4. The Morgan fingerprint density at radius 3 is 1.60 bits per heavy atom. The van der Waals surface area contributed by atoms with E-state index < -0.39 is 0 Å². The average Bonchev–Trinajstić information content (AvgIpc) is 3.19. The molecule has 264 valence electrons. The summed E-state index contributed by atoms with van der Waals surface area (Å²) >= 11 is 18.2. The van der Waals surface area contributed by atoms with Crippen LogP contribution >= 0.6 is 34.8 Å². The van der Waals surface area contributed by atoms with Gasteiger partial charge in [-0.1, -0.05) is 71.2 Å². The summed E-state index contributed by atoms with van der Waals surface area (Å²) in [5, 5.41) is 7.30. The highest BCUT2D eigenvalue weighted by Gasteiger charge is 2.10. The van der Waals surface area contributed by atoms with Gasteiger partial charge in [0.25, 0.3) is 0 Å². The summed E-state index contributed by atoms with van der Waals surface area (Å²) in [6, 6.07) is 38.3. The maximum Gasteiger partial charge on any atom is 0.137 e. The molecule has 0 bridgehead atoms. The van der Waals surface area contributed by atoms with Gasteiger partial charge in [0.2, 0.25) is 0 Å². The van der Waals surface area contributed by atoms with Crippen LogP contribution in [0.1, 0.15) is 0 Å². The number of hydrogen-bond donors (Lipinski definition) is 2. The number of halogens is 3. The summed E-state index contributed by atoms with van der Waals surface area (Å²) < 4.78 is 10.1. The van der Waals surface area contributed by atoms with E-state index in [9.17, 15) is 0 Å². The Hall–Kier alpha value is -5.93. The van der Waals surface area contributed by atoms with Crippen molar-refractivity contribution in [1.82, 2.24) is 19.9 Å². The third-order valence-corrected chi connectivity index (χ3v) is 8.84. The molecule has 8 aromatic rings. The summed E-state index contributed by atoms with van der Waals surface area (Å²) in [4.78, 5) is 17.4. The minimum absolute atomic E-state index is 0.544. The molecule has 4 aromatic carbocycles. The van der Waals surface area contributed by atoms with E-state index in [2.05, 4.69) is 20.3 Å². The van der Waals surface area contributed by atoms with Crippen LogP contribution in [0.2, 0.25) is 15.1 Å². The van der Waals surface area contributed by atoms with Crippen molar-refractivity contribution in [2.45, 2.75) is 0 Å². The molecule has 11 heteroatoms. The molecule has 0 unspecified atom stereocenters. The van der Waals surface area contributed by atoms with E-state index in [0.29, 0.717) is 27.2 Å². The smallest absolute Gasteiger partial charge is 0.137 e. The zero-order valence-electron chi connectivity index (χ0n) is 28.7. The van der Waals surface area contributed by atoms with E-state index in [1.807, 2.05) is 103 Å². The van der Waals surface area contributed by atoms with Crippen LogP contribution in [0.15, 0.2) is 146 Å². The number of anilines is 3. The van der Waals surface area contributed by atoms with Crippen LogP contribution in [0.4, 0.5) is 17.1 Å². The Morgan fingerprint density at radius 2 is 1.04 bits per heavy atom. The molecule has 8 rings (SSSR count). The molecule has 4 heterocycles. The average molecular weight is 760 g/mol. The first-order valence-electron chi connectivity index (χ1n) is 16.3. The van der Waals surface area contributed by atoms with Gasteiger partial charge >= 0.3 is 0 Å². The third-order valence-electron chi connectivity index (χ3n) is 7.94. The molecule has 0 fully saturated rings. The van der Waals surface area contributed by atoms with Gasteiger partial charge in [-0.2, -0.15) is 0 Å². The zero-order valence-corrected chi connectivity index (χ0v) is 30.9. The van der Waals surface area contributed by atoms with Gasteiger partial charge < -0.3 is 20.5 Å². The normalized spacial score (nSPS) is 10.4. The third kappa shape index (κ3) is 9.30. The summed E-state index contributed by atoms with van der Waals surface area (Å²) in [5.74, 6) is 1.30. The number of hydrogen-bond acceptors (Lipinski definition) is 8.